The van der Waals surface area contributed by atoms with E-state index in [-0.39, 0.29) is 5.91 Å². The molecule has 2 heterocycles. The van der Waals surface area contributed by atoms with Crippen LogP contribution in [0.5, 0.6) is 0 Å². The summed E-state index contributed by atoms with van der Waals surface area (Å²) in [6, 6.07) is 23.3. The zero-order valence-electron chi connectivity index (χ0n) is 16.1. The number of hydrogen-bond donors (Lipinski definition) is 0. The van der Waals surface area contributed by atoms with Gasteiger partial charge in [-0.25, -0.2) is 9.97 Å². The third kappa shape index (κ3) is 4.19. The van der Waals surface area contributed by atoms with Crippen LogP contribution >= 0.6 is 0 Å². The standard InChI is InChI=1S/C24H20N4O/c1-28(17-18-8-4-2-5-9-18)24(29)21-16-26-23(20-12-14-25-15-13-20)27-22(21)19-10-6-3-7-11-19/h2-16H,17H2,1H3. The topological polar surface area (TPSA) is 59.0 Å². The molecule has 5 nitrogen and oxygen atoms in total. The van der Waals surface area contributed by atoms with E-state index < -0.39 is 0 Å². The Labute approximate surface area is 169 Å². The van der Waals surface area contributed by atoms with Gasteiger partial charge in [-0.3, -0.25) is 9.78 Å². The van der Waals surface area contributed by atoms with Crippen LogP contribution < -0.4 is 0 Å². The van der Waals surface area contributed by atoms with Crippen molar-refractivity contribution >= 4 is 5.91 Å². The van der Waals surface area contributed by atoms with Gasteiger partial charge in [0, 0.05) is 43.3 Å². The molecule has 0 radical (unpaired) electrons. The minimum absolute atomic E-state index is 0.117. The molecule has 0 aliphatic heterocycles. The molecule has 5 heteroatoms. The van der Waals surface area contributed by atoms with Crippen LogP contribution in [0.4, 0.5) is 0 Å². The van der Waals surface area contributed by atoms with Gasteiger partial charge in [0.05, 0.1) is 11.3 Å². The maximum Gasteiger partial charge on any atom is 0.257 e. The predicted octanol–water partition coefficient (Wildman–Crippen LogP) is 4.48. The smallest absolute Gasteiger partial charge is 0.257 e. The highest BCUT2D eigenvalue weighted by molar-refractivity contribution is 5.99. The molecule has 0 saturated carbocycles. The maximum absolute atomic E-state index is 13.2. The van der Waals surface area contributed by atoms with Crippen LogP contribution in [0.3, 0.4) is 0 Å². The quantitative estimate of drug-likeness (QED) is 0.512. The fourth-order valence-electron chi connectivity index (χ4n) is 3.13. The van der Waals surface area contributed by atoms with Crippen molar-refractivity contribution in [3.63, 3.8) is 0 Å². The first-order valence-corrected chi connectivity index (χ1v) is 9.34. The van der Waals surface area contributed by atoms with E-state index >= 15 is 0 Å². The van der Waals surface area contributed by atoms with Gasteiger partial charge in [-0.15, -0.1) is 0 Å². The van der Waals surface area contributed by atoms with E-state index in [1.54, 1.807) is 30.5 Å². The number of amides is 1. The van der Waals surface area contributed by atoms with Gasteiger partial charge in [-0.2, -0.15) is 0 Å². The van der Waals surface area contributed by atoms with Crippen molar-refractivity contribution in [2.45, 2.75) is 6.54 Å². The molecule has 142 valence electrons. The highest BCUT2D eigenvalue weighted by Gasteiger charge is 2.20. The largest absolute Gasteiger partial charge is 0.337 e. The highest BCUT2D eigenvalue weighted by atomic mass is 16.2. The molecule has 29 heavy (non-hydrogen) atoms. The van der Waals surface area contributed by atoms with Crippen molar-refractivity contribution in [1.82, 2.24) is 19.9 Å². The van der Waals surface area contributed by atoms with Gasteiger partial charge in [0.25, 0.3) is 5.91 Å². The first-order chi connectivity index (χ1) is 14.2. The summed E-state index contributed by atoms with van der Waals surface area (Å²) in [4.78, 5) is 28.2. The lowest BCUT2D eigenvalue weighted by Crippen LogP contribution is -2.27. The van der Waals surface area contributed by atoms with Crippen LogP contribution in [-0.2, 0) is 6.54 Å². The molecule has 2 aromatic carbocycles. The number of rotatable bonds is 5. The third-order valence-corrected chi connectivity index (χ3v) is 4.61. The van der Waals surface area contributed by atoms with Crippen LogP contribution in [-0.4, -0.2) is 32.8 Å². The van der Waals surface area contributed by atoms with Gasteiger partial charge in [-0.05, 0) is 17.7 Å². The molecule has 0 N–H and O–H groups in total. The summed E-state index contributed by atoms with van der Waals surface area (Å²) >= 11 is 0. The molecule has 0 aliphatic carbocycles. The first-order valence-electron chi connectivity index (χ1n) is 9.34. The van der Waals surface area contributed by atoms with Gasteiger partial charge in [0.1, 0.15) is 0 Å². The Morgan fingerprint density at radius 2 is 1.52 bits per heavy atom. The number of pyridine rings is 1. The van der Waals surface area contributed by atoms with E-state index in [0.29, 0.717) is 23.6 Å². The van der Waals surface area contributed by atoms with Crippen molar-refractivity contribution in [2.75, 3.05) is 7.05 Å². The number of carbonyl (C=O) groups excluding carboxylic acids is 1. The lowest BCUT2D eigenvalue weighted by Gasteiger charge is -2.19. The molecule has 0 fully saturated rings. The monoisotopic (exact) mass is 380 g/mol. The fraction of sp³-hybridized carbons (Fsp3) is 0.0833. The summed E-state index contributed by atoms with van der Waals surface area (Å²) in [5.41, 5.74) is 3.90. The molecule has 4 aromatic rings. The lowest BCUT2D eigenvalue weighted by molar-refractivity contribution is 0.0785. The molecular weight excluding hydrogens is 360 g/mol. The van der Waals surface area contributed by atoms with Crippen LogP contribution in [0.25, 0.3) is 22.6 Å². The molecule has 0 saturated heterocycles. The second kappa shape index (κ2) is 8.44. The maximum atomic E-state index is 13.2. The van der Waals surface area contributed by atoms with Crippen molar-refractivity contribution in [2.24, 2.45) is 0 Å². The molecule has 0 spiro atoms. The Morgan fingerprint density at radius 3 is 2.21 bits per heavy atom. The average Bonchev–Trinajstić information content (AvgIpc) is 2.80. The molecule has 0 bridgehead atoms. The van der Waals surface area contributed by atoms with Crippen molar-refractivity contribution < 1.29 is 4.79 Å². The minimum Gasteiger partial charge on any atom is -0.337 e. The normalized spacial score (nSPS) is 10.5. The Hall–Kier alpha value is -3.86. The fourth-order valence-corrected chi connectivity index (χ4v) is 3.13. The summed E-state index contributed by atoms with van der Waals surface area (Å²) in [5, 5.41) is 0. The second-order valence-electron chi connectivity index (χ2n) is 6.70. The molecule has 1 amide bonds. The zero-order chi connectivity index (χ0) is 20.1. The zero-order valence-corrected chi connectivity index (χ0v) is 16.1. The first kappa shape index (κ1) is 18.5. The Kier molecular flexibility index (Phi) is 5.38. The summed E-state index contributed by atoms with van der Waals surface area (Å²) < 4.78 is 0. The molecular formula is C24H20N4O. The Bertz CT molecular complexity index is 1100. The highest BCUT2D eigenvalue weighted by Crippen LogP contribution is 2.25. The Balaban J connectivity index is 1.73. The summed E-state index contributed by atoms with van der Waals surface area (Å²) in [6.07, 6.45) is 5.02. The van der Waals surface area contributed by atoms with E-state index in [2.05, 4.69) is 9.97 Å². The second-order valence-corrected chi connectivity index (χ2v) is 6.70. The molecule has 0 atom stereocenters. The van der Waals surface area contributed by atoms with E-state index in [1.807, 2.05) is 72.8 Å². The molecule has 0 unspecified atom stereocenters. The van der Waals surface area contributed by atoms with E-state index in [1.165, 1.54) is 0 Å². The van der Waals surface area contributed by atoms with Gasteiger partial charge in [-0.1, -0.05) is 60.7 Å². The third-order valence-electron chi connectivity index (χ3n) is 4.61. The van der Waals surface area contributed by atoms with Gasteiger partial charge >= 0.3 is 0 Å². The van der Waals surface area contributed by atoms with Crippen LogP contribution in [0.1, 0.15) is 15.9 Å². The van der Waals surface area contributed by atoms with Gasteiger partial charge in [0.15, 0.2) is 5.82 Å². The Morgan fingerprint density at radius 1 is 0.862 bits per heavy atom. The van der Waals surface area contributed by atoms with Crippen LogP contribution in [0, 0.1) is 0 Å². The number of hydrogen-bond acceptors (Lipinski definition) is 4. The van der Waals surface area contributed by atoms with Gasteiger partial charge in [0.2, 0.25) is 0 Å². The summed E-state index contributed by atoms with van der Waals surface area (Å²) in [6.45, 7) is 0.514. The van der Waals surface area contributed by atoms with Crippen LogP contribution in [0.2, 0.25) is 0 Å². The van der Waals surface area contributed by atoms with E-state index in [9.17, 15) is 4.79 Å². The average molecular weight is 380 g/mol. The van der Waals surface area contributed by atoms with Crippen LogP contribution in [0.15, 0.2) is 91.4 Å². The molecule has 2 aromatic heterocycles. The lowest BCUT2D eigenvalue weighted by atomic mass is 10.1. The van der Waals surface area contributed by atoms with E-state index in [4.69, 9.17) is 4.98 Å². The summed E-state index contributed by atoms with van der Waals surface area (Å²) in [7, 11) is 1.79. The number of nitrogens with zero attached hydrogens (tertiary/aromatic N) is 4. The number of carbonyl (C=O) groups is 1. The summed E-state index contributed by atoms with van der Waals surface area (Å²) in [5.74, 6) is 0.447. The number of benzene rings is 2. The number of aromatic nitrogens is 3. The SMILES string of the molecule is CN(Cc1ccccc1)C(=O)c1cnc(-c2ccncc2)nc1-c1ccccc1. The minimum atomic E-state index is -0.117. The van der Waals surface area contributed by atoms with Gasteiger partial charge < -0.3 is 4.90 Å². The van der Waals surface area contributed by atoms with Crippen molar-refractivity contribution in [3.8, 4) is 22.6 Å². The van der Waals surface area contributed by atoms with Crippen molar-refractivity contribution in [1.29, 1.82) is 0 Å². The predicted molar refractivity (Wildman–Crippen MR) is 113 cm³/mol. The molecule has 4 rings (SSSR count). The van der Waals surface area contributed by atoms with Crippen molar-refractivity contribution in [3.05, 3.63) is 103 Å². The van der Waals surface area contributed by atoms with E-state index in [0.717, 1.165) is 16.7 Å². The molecule has 0 aliphatic rings.